The molecule has 20 heavy (non-hydrogen) atoms. The van der Waals surface area contributed by atoms with Crippen molar-refractivity contribution in [1.82, 2.24) is 0 Å². The zero-order chi connectivity index (χ0) is 15.1. The van der Waals surface area contributed by atoms with E-state index in [9.17, 15) is 5.11 Å². The van der Waals surface area contributed by atoms with Crippen LogP contribution in [0.5, 0.6) is 0 Å². The van der Waals surface area contributed by atoms with Crippen LogP contribution in [-0.4, -0.2) is 18.2 Å². The molecule has 1 atom stereocenters. The summed E-state index contributed by atoms with van der Waals surface area (Å²) in [6.07, 6.45) is 0.764. The van der Waals surface area contributed by atoms with Gasteiger partial charge in [0.1, 0.15) is 0 Å². The minimum atomic E-state index is -0.412. The van der Waals surface area contributed by atoms with E-state index in [0.717, 1.165) is 18.7 Å². The zero-order valence-corrected chi connectivity index (χ0v) is 13.8. The topological polar surface area (TPSA) is 23.5 Å². The van der Waals surface area contributed by atoms with Crippen LogP contribution in [0.4, 0.5) is 5.69 Å². The molecule has 1 aliphatic heterocycles. The van der Waals surface area contributed by atoms with Crippen LogP contribution in [0, 0.1) is 0 Å². The van der Waals surface area contributed by atoms with Crippen LogP contribution >= 0.6 is 0 Å². The number of aliphatic hydroxyl groups excluding tert-OH is 1. The van der Waals surface area contributed by atoms with Gasteiger partial charge in [0.2, 0.25) is 0 Å². The smallest absolute Gasteiger partial charge is 0.0782 e. The van der Waals surface area contributed by atoms with Crippen molar-refractivity contribution in [3.05, 3.63) is 28.8 Å². The van der Waals surface area contributed by atoms with Crippen molar-refractivity contribution in [2.45, 2.75) is 65.4 Å². The minimum Gasteiger partial charge on any atom is -0.389 e. The highest BCUT2D eigenvalue weighted by molar-refractivity contribution is 5.66. The molecule has 2 rings (SSSR count). The standard InChI is InChI=1S/C18H29NO/c1-7-19-9-8-18(5,6)16-11-14(12(2)3)10-15(13(4)20)17(16)19/h10-13,20H,7-9H2,1-6H3. The number of benzene rings is 1. The van der Waals surface area contributed by atoms with Gasteiger partial charge >= 0.3 is 0 Å². The van der Waals surface area contributed by atoms with Crippen LogP contribution in [0.3, 0.4) is 0 Å². The highest BCUT2D eigenvalue weighted by Gasteiger charge is 2.33. The van der Waals surface area contributed by atoms with E-state index in [4.69, 9.17) is 0 Å². The number of nitrogens with zero attached hydrogens (tertiary/aromatic N) is 1. The molecular formula is C18H29NO. The third kappa shape index (κ3) is 2.58. The second-order valence-electron chi connectivity index (χ2n) is 7.05. The summed E-state index contributed by atoms with van der Waals surface area (Å²) in [5, 5.41) is 10.2. The maximum atomic E-state index is 10.2. The predicted octanol–water partition coefficient (Wildman–Crippen LogP) is 4.37. The highest BCUT2D eigenvalue weighted by atomic mass is 16.3. The highest BCUT2D eigenvalue weighted by Crippen LogP contribution is 2.44. The van der Waals surface area contributed by atoms with Gasteiger partial charge in [-0.15, -0.1) is 0 Å². The fourth-order valence-corrected chi connectivity index (χ4v) is 3.18. The molecular weight excluding hydrogens is 246 g/mol. The van der Waals surface area contributed by atoms with E-state index in [1.54, 1.807) is 0 Å². The lowest BCUT2D eigenvalue weighted by Gasteiger charge is -2.42. The molecule has 1 aliphatic rings. The van der Waals surface area contributed by atoms with E-state index < -0.39 is 6.10 Å². The second-order valence-corrected chi connectivity index (χ2v) is 7.05. The summed E-state index contributed by atoms with van der Waals surface area (Å²) in [6, 6.07) is 4.58. The Hall–Kier alpha value is -1.02. The van der Waals surface area contributed by atoms with Gasteiger partial charge in [-0.3, -0.25) is 0 Å². The van der Waals surface area contributed by atoms with Crippen LogP contribution < -0.4 is 4.90 Å². The van der Waals surface area contributed by atoms with Crippen molar-refractivity contribution in [1.29, 1.82) is 0 Å². The lowest BCUT2D eigenvalue weighted by Crippen LogP contribution is -2.38. The zero-order valence-electron chi connectivity index (χ0n) is 13.8. The lowest BCUT2D eigenvalue weighted by atomic mass is 9.75. The number of fused-ring (bicyclic) bond motifs is 1. The molecule has 0 aliphatic carbocycles. The Kier molecular flexibility index (Phi) is 4.15. The normalized spacial score (nSPS) is 19.1. The Morgan fingerprint density at radius 2 is 1.90 bits per heavy atom. The monoisotopic (exact) mass is 275 g/mol. The molecule has 2 nitrogen and oxygen atoms in total. The average Bonchev–Trinajstić information content (AvgIpc) is 2.37. The third-order valence-electron chi connectivity index (χ3n) is 4.71. The van der Waals surface area contributed by atoms with Gasteiger partial charge in [-0.05, 0) is 42.7 Å². The van der Waals surface area contributed by atoms with Crippen molar-refractivity contribution in [3.63, 3.8) is 0 Å². The summed E-state index contributed by atoms with van der Waals surface area (Å²) in [5.74, 6) is 0.491. The van der Waals surface area contributed by atoms with Gasteiger partial charge in [-0.2, -0.15) is 0 Å². The molecule has 0 saturated carbocycles. The van der Waals surface area contributed by atoms with Gasteiger partial charge in [-0.1, -0.05) is 39.8 Å². The summed E-state index contributed by atoms with van der Waals surface area (Å²) in [5.41, 5.74) is 5.32. The number of hydrogen-bond acceptors (Lipinski definition) is 2. The maximum absolute atomic E-state index is 10.2. The van der Waals surface area contributed by atoms with Crippen molar-refractivity contribution in [3.8, 4) is 0 Å². The van der Waals surface area contributed by atoms with E-state index in [1.807, 2.05) is 6.92 Å². The Balaban J connectivity index is 2.72. The van der Waals surface area contributed by atoms with Gasteiger partial charge in [0.05, 0.1) is 6.10 Å². The molecule has 0 radical (unpaired) electrons. The van der Waals surface area contributed by atoms with E-state index in [1.165, 1.54) is 23.2 Å². The van der Waals surface area contributed by atoms with E-state index >= 15 is 0 Å². The largest absolute Gasteiger partial charge is 0.389 e. The first kappa shape index (κ1) is 15.4. The average molecular weight is 275 g/mol. The first-order chi connectivity index (χ1) is 9.27. The third-order valence-corrected chi connectivity index (χ3v) is 4.71. The summed E-state index contributed by atoms with van der Waals surface area (Å²) in [7, 11) is 0. The van der Waals surface area contributed by atoms with Gasteiger partial charge < -0.3 is 10.0 Å². The summed E-state index contributed by atoms with van der Waals surface area (Å²) in [6.45, 7) is 15.3. The first-order valence-corrected chi connectivity index (χ1v) is 7.89. The molecule has 0 spiro atoms. The molecule has 1 aromatic rings. The van der Waals surface area contributed by atoms with Gasteiger partial charge in [0, 0.05) is 24.3 Å². The van der Waals surface area contributed by atoms with Crippen LogP contribution in [0.2, 0.25) is 0 Å². The van der Waals surface area contributed by atoms with Gasteiger partial charge in [0.15, 0.2) is 0 Å². The number of hydrogen-bond donors (Lipinski definition) is 1. The molecule has 2 heteroatoms. The van der Waals surface area contributed by atoms with E-state index in [-0.39, 0.29) is 5.41 Å². The lowest BCUT2D eigenvalue weighted by molar-refractivity contribution is 0.199. The molecule has 1 unspecified atom stereocenters. The number of aliphatic hydroxyl groups is 1. The first-order valence-electron chi connectivity index (χ1n) is 7.89. The van der Waals surface area contributed by atoms with Crippen LogP contribution in [0.1, 0.15) is 76.7 Å². The molecule has 1 N–H and O–H groups in total. The van der Waals surface area contributed by atoms with Crippen molar-refractivity contribution in [2.24, 2.45) is 0 Å². The van der Waals surface area contributed by atoms with Crippen molar-refractivity contribution < 1.29 is 5.11 Å². The van der Waals surface area contributed by atoms with Crippen LogP contribution in [0.15, 0.2) is 12.1 Å². The molecule has 0 fully saturated rings. The fourth-order valence-electron chi connectivity index (χ4n) is 3.18. The van der Waals surface area contributed by atoms with Crippen molar-refractivity contribution >= 4 is 5.69 Å². The Morgan fingerprint density at radius 3 is 2.40 bits per heavy atom. The predicted molar refractivity (Wildman–Crippen MR) is 86.7 cm³/mol. The minimum absolute atomic E-state index is 0.190. The molecule has 0 bridgehead atoms. The quantitative estimate of drug-likeness (QED) is 0.885. The molecule has 1 aromatic carbocycles. The Bertz CT molecular complexity index is 488. The van der Waals surface area contributed by atoms with Gasteiger partial charge in [0.25, 0.3) is 0 Å². The maximum Gasteiger partial charge on any atom is 0.0782 e. The molecule has 0 saturated heterocycles. The van der Waals surface area contributed by atoms with Crippen LogP contribution in [-0.2, 0) is 5.41 Å². The molecule has 1 heterocycles. The van der Waals surface area contributed by atoms with Crippen LogP contribution in [0.25, 0.3) is 0 Å². The number of rotatable bonds is 3. The van der Waals surface area contributed by atoms with E-state index in [2.05, 4.69) is 51.7 Å². The van der Waals surface area contributed by atoms with Crippen molar-refractivity contribution in [2.75, 3.05) is 18.0 Å². The SMILES string of the molecule is CCN1CCC(C)(C)c2cc(C(C)C)cc(C(C)O)c21. The summed E-state index contributed by atoms with van der Waals surface area (Å²) < 4.78 is 0. The Labute approximate surface area is 123 Å². The number of anilines is 1. The molecule has 112 valence electrons. The molecule has 0 amide bonds. The van der Waals surface area contributed by atoms with Gasteiger partial charge in [-0.25, -0.2) is 0 Å². The van der Waals surface area contributed by atoms with E-state index in [0.29, 0.717) is 5.92 Å². The second kappa shape index (κ2) is 5.40. The molecule has 0 aromatic heterocycles. The summed E-state index contributed by atoms with van der Waals surface area (Å²) in [4.78, 5) is 2.42. The fraction of sp³-hybridized carbons (Fsp3) is 0.667. The Morgan fingerprint density at radius 1 is 1.25 bits per heavy atom. The summed E-state index contributed by atoms with van der Waals surface area (Å²) >= 11 is 0.